The van der Waals surface area contributed by atoms with Gasteiger partial charge in [-0.1, -0.05) is 65.7 Å². The van der Waals surface area contributed by atoms with Crippen LogP contribution in [0.4, 0.5) is 0 Å². The Balaban J connectivity index is 2.25. The predicted octanol–water partition coefficient (Wildman–Crippen LogP) is 5.33. The molecule has 110 valence electrons. The fourth-order valence-electron chi connectivity index (χ4n) is 2.77. The predicted molar refractivity (Wildman–Crippen MR) is 92.9 cm³/mol. The van der Waals surface area contributed by atoms with E-state index in [2.05, 4.69) is 11.1 Å². The van der Waals surface area contributed by atoms with Crippen LogP contribution in [-0.4, -0.2) is 9.38 Å². The first-order valence-electron chi connectivity index (χ1n) is 6.96. The lowest BCUT2D eigenvalue weighted by atomic mass is 10.1. The van der Waals surface area contributed by atoms with E-state index in [1.807, 2.05) is 54.6 Å². The second kappa shape index (κ2) is 5.27. The largest absolute Gasteiger partial charge is 0.281 e. The Hall–Kier alpha value is -2.54. The molecule has 0 unspecified atom stereocenters. The van der Waals surface area contributed by atoms with E-state index in [1.54, 1.807) is 4.40 Å². The summed E-state index contributed by atoms with van der Waals surface area (Å²) < 4.78 is 1.78. The maximum absolute atomic E-state index is 9.57. The molecule has 0 N–H and O–H groups in total. The van der Waals surface area contributed by atoms with Crippen LogP contribution in [0.1, 0.15) is 5.56 Å². The van der Waals surface area contributed by atoms with E-state index in [9.17, 15) is 5.26 Å². The molecule has 23 heavy (non-hydrogen) atoms. The Bertz CT molecular complexity index is 1090. The Morgan fingerprint density at radius 1 is 0.957 bits per heavy atom. The van der Waals surface area contributed by atoms with Gasteiger partial charge < -0.3 is 0 Å². The smallest absolute Gasteiger partial charge is 0.158 e. The van der Waals surface area contributed by atoms with Crippen molar-refractivity contribution >= 4 is 39.9 Å². The lowest BCUT2D eigenvalue weighted by Crippen LogP contribution is -1.97. The van der Waals surface area contributed by atoms with Gasteiger partial charge in [0.05, 0.1) is 16.1 Å². The summed E-state index contributed by atoms with van der Waals surface area (Å²) in [7, 11) is 0. The third kappa shape index (κ3) is 2.00. The van der Waals surface area contributed by atoms with Crippen LogP contribution in [0.2, 0.25) is 10.2 Å². The van der Waals surface area contributed by atoms with E-state index in [4.69, 9.17) is 23.2 Å². The second-order valence-electron chi connectivity index (χ2n) is 5.09. The third-order valence-electron chi connectivity index (χ3n) is 3.80. The summed E-state index contributed by atoms with van der Waals surface area (Å²) in [5.41, 5.74) is 3.92. The summed E-state index contributed by atoms with van der Waals surface area (Å²) in [6.07, 6.45) is 0. The number of nitriles is 1. The molecular weight excluding hydrogens is 329 g/mol. The minimum absolute atomic E-state index is 0.325. The molecule has 0 atom stereocenters. The van der Waals surface area contributed by atoms with E-state index >= 15 is 0 Å². The highest BCUT2D eigenvalue weighted by Crippen LogP contribution is 2.40. The molecule has 4 rings (SSSR count). The number of aromatic nitrogens is 2. The van der Waals surface area contributed by atoms with Gasteiger partial charge in [-0.15, -0.1) is 0 Å². The van der Waals surface area contributed by atoms with Crippen LogP contribution in [0.5, 0.6) is 0 Å². The number of para-hydroxylation sites is 2. The van der Waals surface area contributed by atoms with Crippen molar-refractivity contribution in [1.29, 1.82) is 5.26 Å². The summed E-state index contributed by atoms with van der Waals surface area (Å²) in [5.74, 6) is 0. The molecule has 2 heterocycles. The van der Waals surface area contributed by atoms with Gasteiger partial charge in [0.2, 0.25) is 0 Å². The van der Waals surface area contributed by atoms with Crippen molar-refractivity contribution in [3.05, 3.63) is 70.3 Å². The maximum Gasteiger partial charge on any atom is 0.158 e. The van der Waals surface area contributed by atoms with Crippen LogP contribution in [-0.2, 0) is 0 Å². The van der Waals surface area contributed by atoms with Gasteiger partial charge in [-0.3, -0.25) is 4.40 Å². The van der Waals surface area contributed by atoms with Crippen molar-refractivity contribution in [2.24, 2.45) is 0 Å². The molecule has 0 saturated carbocycles. The first-order valence-corrected chi connectivity index (χ1v) is 7.71. The summed E-state index contributed by atoms with van der Waals surface area (Å²) in [5, 5.41) is 10.3. The van der Waals surface area contributed by atoms with Gasteiger partial charge in [0.25, 0.3) is 0 Å². The lowest BCUT2D eigenvalue weighted by Gasteiger charge is -2.12. The topological polar surface area (TPSA) is 41.1 Å². The van der Waals surface area contributed by atoms with Crippen LogP contribution in [0.15, 0.2) is 54.6 Å². The minimum Gasteiger partial charge on any atom is -0.281 e. The molecular formula is C18H9Cl2N3. The van der Waals surface area contributed by atoms with E-state index in [1.165, 1.54) is 0 Å². The van der Waals surface area contributed by atoms with Crippen LogP contribution in [0.25, 0.3) is 27.8 Å². The summed E-state index contributed by atoms with van der Waals surface area (Å²) in [4.78, 5) is 4.51. The molecule has 0 bridgehead atoms. The number of nitrogens with zero attached hydrogens (tertiary/aromatic N) is 3. The molecule has 0 radical (unpaired) electrons. The van der Waals surface area contributed by atoms with Gasteiger partial charge in [0.15, 0.2) is 5.65 Å². The Labute approximate surface area is 142 Å². The number of rotatable bonds is 1. The average Bonchev–Trinajstić information content (AvgIpc) is 2.95. The number of benzene rings is 2. The Morgan fingerprint density at radius 2 is 1.65 bits per heavy atom. The number of fused-ring (bicyclic) bond motifs is 3. The van der Waals surface area contributed by atoms with Gasteiger partial charge in [-0.25, -0.2) is 4.98 Å². The van der Waals surface area contributed by atoms with Gasteiger partial charge in [0.1, 0.15) is 16.8 Å². The number of pyridine rings is 1. The second-order valence-corrected chi connectivity index (χ2v) is 5.83. The molecule has 2 aromatic carbocycles. The minimum atomic E-state index is 0.325. The lowest BCUT2D eigenvalue weighted by molar-refractivity contribution is 1.22. The van der Waals surface area contributed by atoms with Crippen LogP contribution >= 0.6 is 23.2 Å². The van der Waals surface area contributed by atoms with E-state index in [0.29, 0.717) is 26.9 Å². The molecule has 0 aliphatic rings. The first-order chi connectivity index (χ1) is 11.2. The molecule has 5 heteroatoms. The van der Waals surface area contributed by atoms with E-state index in [0.717, 1.165) is 16.6 Å². The number of hydrogen-bond acceptors (Lipinski definition) is 2. The standard InChI is InChI=1S/C18H9Cl2N3/c19-16-12(10-21)18-22-13-8-4-5-9-14(13)23(18)17(20)15(16)11-6-2-1-3-7-11/h1-9H. The third-order valence-corrected chi connectivity index (χ3v) is 4.54. The molecule has 3 nitrogen and oxygen atoms in total. The van der Waals surface area contributed by atoms with Crippen molar-refractivity contribution in [2.45, 2.75) is 0 Å². The molecule has 4 aromatic rings. The molecule has 2 aromatic heterocycles. The fourth-order valence-corrected chi connectivity index (χ4v) is 3.52. The van der Waals surface area contributed by atoms with Crippen molar-refractivity contribution < 1.29 is 0 Å². The maximum atomic E-state index is 9.57. The monoisotopic (exact) mass is 337 g/mol. The molecule has 0 aliphatic heterocycles. The van der Waals surface area contributed by atoms with Crippen molar-refractivity contribution in [1.82, 2.24) is 9.38 Å². The summed E-state index contributed by atoms with van der Waals surface area (Å²) >= 11 is 13.2. The molecule has 0 fully saturated rings. The van der Waals surface area contributed by atoms with E-state index in [-0.39, 0.29) is 0 Å². The van der Waals surface area contributed by atoms with Gasteiger partial charge in [-0.2, -0.15) is 5.26 Å². The highest BCUT2D eigenvalue weighted by atomic mass is 35.5. The fraction of sp³-hybridized carbons (Fsp3) is 0. The number of hydrogen-bond donors (Lipinski definition) is 0. The highest BCUT2D eigenvalue weighted by Gasteiger charge is 2.21. The zero-order valence-corrected chi connectivity index (χ0v) is 13.3. The van der Waals surface area contributed by atoms with Crippen LogP contribution < -0.4 is 0 Å². The van der Waals surface area contributed by atoms with Crippen LogP contribution in [0.3, 0.4) is 0 Å². The van der Waals surface area contributed by atoms with Gasteiger partial charge in [0, 0.05) is 5.56 Å². The molecule has 0 amide bonds. The SMILES string of the molecule is N#Cc1c(Cl)c(-c2ccccc2)c(Cl)n2c1nc1ccccc12. The van der Waals surface area contributed by atoms with Crippen molar-refractivity contribution in [3.63, 3.8) is 0 Å². The normalized spacial score (nSPS) is 11.0. The number of imidazole rings is 1. The van der Waals surface area contributed by atoms with Crippen molar-refractivity contribution in [2.75, 3.05) is 0 Å². The molecule has 0 saturated heterocycles. The summed E-state index contributed by atoms with van der Waals surface area (Å²) in [6.45, 7) is 0. The van der Waals surface area contributed by atoms with Gasteiger partial charge in [-0.05, 0) is 17.7 Å². The Morgan fingerprint density at radius 3 is 2.39 bits per heavy atom. The zero-order valence-electron chi connectivity index (χ0n) is 11.8. The zero-order chi connectivity index (χ0) is 16.0. The summed E-state index contributed by atoms with van der Waals surface area (Å²) in [6, 6.07) is 19.3. The van der Waals surface area contributed by atoms with E-state index < -0.39 is 0 Å². The van der Waals surface area contributed by atoms with Crippen molar-refractivity contribution in [3.8, 4) is 17.2 Å². The first kappa shape index (κ1) is 14.1. The number of halogens is 2. The van der Waals surface area contributed by atoms with Crippen LogP contribution in [0, 0.1) is 11.3 Å². The highest BCUT2D eigenvalue weighted by molar-refractivity contribution is 6.40. The van der Waals surface area contributed by atoms with Gasteiger partial charge >= 0.3 is 0 Å². The average molecular weight is 338 g/mol. The quantitative estimate of drug-likeness (QED) is 0.440. The molecule has 0 aliphatic carbocycles. The molecule has 0 spiro atoms. The Kier molecular flexibility index (Phi) is 3.23.